The van der Waals surface area contributed by atoms with E-state index in [1.807, 2.05) is 18.2 Å². The molecule has 2 aromatic rings. The summed E-state index contributed by atoms with van der Waals surface area (Å²) >= 11 is 0. The van der Waals surface area contributed by atoms with Gasteiger partial charge in [0.05, 0.1) is 22.5 Å². The molecule has 0 aliphatic carbocycles. The van der Waals surface area contributed by atoms with E-state index in [0.29, 0.717) is 6.54 Å². The fourth-order valence-electron chi connectivity index (χ4n) is 5.91. The molecule has 0 aromatic heterocycles. The van der Waals surface area contributed by atoms with Crippen LogP contribution in [0.5, 0.6) is 0 Å². The van der Waals surface area contributed by atoms with Gasteiger partial charge in [-0.05, 0) is 83.4 Å². The Hall–Kier alpha value is -2.33. The van der Waals surface area contributed by atoms with Gasteiger partial charge in [0.2, 0.25) is 10.0 Å². The predicted octanol–water partition coefficient (Wildman–Crippen LogP) is 5.19. The van der Waals surface area contributed by atoms with Gasteiger partial charge in [0.15, 0.2) is 0 Å². The minimum absolute atomic E-state index is 0.0668. The predicted molar refractivity (Wildman–Crippen MR) is 139 cm³/mol. The molecular formula is C27H37N3O5S. The van der Waals surface area contributed by atoms with Crippen molar-refractivity contribution in [3.05, 3.63) is 70.3 Å². The van der Waals surface area contributed by atoms with Crippen LogP contribution in [0.15, 0.2) is 59.5 Å². The van der Waals surface area contributed by atoms with Crippen LogP contribution in [0.2, 0.25) is 0 Å². The molecule has 0 bridgehead atoms. The normalized spacial score (nSPS) is 24.6. The quantitative estimate of drug-likeness (QED) is 0.355. The number of hydrogen-bond acceptors (Lipinski definition) is 6. The van der Waals surface area contributed by atoms with Crippen molar-refractivity contribution in [2.24, 2.45) is 5.92 Å². The Labute approximate surface area is 214 Å². The van der Waals surface area contributed by atoms with Crippen LogP contribution < -0.4 is 0 Å². The van der Waals surface area contributed by atoms with Gasteiger partial charge in [-0.3, -0.25) is 15.0 Å². The maximum atomic E-state index is 13.7. The number of rotatable bonds is 8. The van der Waals surface area contributed by atoms with Crippen molar-refractivity contribution >= 4 is 15.7 Å². The largest absolute Gasteiger partial charge is 0.296 e. The molecule has 2 saturated heterocycles. The van der Waals surface area contributed by atoms with Crippen molar-refractivity contribution in [1.82, 2.24) is 9.37 Å². The van der Waals surface area contributed by atoms with Crippen molar-refractivity contribution in [2.75, 3.05) is 13.2 Å². The van der Waals surface area contributed by atoms with E-state index >= 15 is 0 Å². The van der Waals surface area contributed by atoms with Crippen molar-refractivity contribution < 1.29 is 18.2 Å². The summed E-state index contributed by atoms with van der Waals surface area (Å²) in [6, 6.07) is 14.9. The number of nitro benzene ring substituents is 1. The van der Waals surface area contributed by atoms with Crippen LogP contribution in [-0.2, 0) is 21.3 Å². The zero-order valence-electron chi connectivity index (χ0n) is 21.6. The summed E-state index contributed by atoms with van der Waals surface area (Å²) in [7, 11) is -3.85. The zero-order chi connectivity index (χ0) is 26.1. The molecule has 0 amide bonds. The van der Waals surface area contributed by atoms with Gasteiger partial charge in [-0.2, -0.15) is 9.37 Å². The lowest BCUT2D eigenvalue weighted by Gasteiger charge is -2.51. The number of non-ortho nitro benzene ring substituents is 1. The summed E-state index contributed by atoms with van der Waals surface area (Å²) in [5, 5.41) is 13.1. The Kier molecular flexibility index (Phi) is 7.57. The topological polar surface area (TPSA) is 93.0 Å². The SMILES string of the molecule is CC1(C)CCCC(C)(C)N1OC[C@@H]1[C@@H](Cc2ccccc2)CCN1S(=O)(=O)c1ccc([N+](=O)[O-])cc1. The van der Waals surface area contributed by atoms with Crippen LogP contribution >= 0.6 is 0 Å². The van der Waals surface area contributed by atoms with E-state index in [1.165, 1.54) is 29.8 Å². The summed E-state index contributed by atoms with van der Waals surface area (Å²) in [4.78, 5) is 17.1. The first-order chi connectivity index (χ1) is 16.9. The van der Waals surface area contributed by atoms with Gasteiger partial charge in [0, 0.05) is 29.8 Å². The van der Waals surface area contributed by atoms with Crippen LogP contribution in [-0.4, -0.2) is 53.0 Å². The Balaban J connectivity index is 1.62. The van der Waals surface area contributed by atoms with E-state index in [4.69, 9.17) is 4.84 Å². The molecule has 0 N–H and O–H groups in total. The third kappa shape index (κ3) is 5.49. The van der Waals surface area contributed by atoms with E-state index in [-0.39, 0.29) is 40.2 Å². The first-order valence-corrected chi connectivity index (χ1v) is 14.1. The third-order valence-electron chi connectivity index (χ3n) is 7.68. The maximum Gasteiger partial charge on any atom is 0.269 e. The van der Waals surface area contributed by atoms with Crippen molar-refractivity contribution in [2.45, 2.75) is 81.8 Å². The van der Waals surface area contributed by atoms with Gasteiger partial charge in [-0.1, -0.05) is 30.3 Å². The highest BCUT2D eigenvalue weighted by atomic mass is 32.2. The molecule has 2 atom stereocenters. The molecule has 36 heavy (non-hydrogen) atoms. The lowest BCUT2D eigenvalue weighted by Crippen LogP contribution is -2.59. The lowest BCUT2D eigenvalue weighted by atomic mass is 9.82. The monoisotopic (exact) mass is 515 g/mol. The van der Waals surface area contributed by atoms with Crippen LogP contribution in [0.4, 0.5) is 5.69 Å². The molecule has 9 heteroatoms. The summed E-state index contributed by atoms with van der Waals surface area (Å²) in [5.74, 6) is 0.0937. The molecule has 196 valence electrons. The van der Waals surface area contributed by atoms with Gasteiger partial charge in [-0.25, -0.2) is 8.42 Å². The summed E-state index contributed by atoms with van der Waals surface area (Å²) in [5.41, 5.74) is 0.724. The van der Waals surface area contributed by atoms with E-state index in [9.17, 15) is 18.5 Å². The zero-order valence-corrected chi connectivity index (χ0v) is 22.4. The first kappa shape index (κ1) is 26.7. The average molecular weight is 516 g/mol. The van der Waals surface area contributed by atoms with E-state index in [1.54, 1.807) is 4.31 Å². The van der Waals surface area contributed by atoms with Gasteiger partial charge in [0.25, 0.3) is 5.69 Å². The van der Waals surface area contributed by atoms with Crippen molar-refractivity contribution in [3.63, 3.8) is 0 Å². The Bertz CT molecular complexity index is 1150. The van der Waals surface area contributed by atoms with Crippen molar-refractivity contribution in [3.8, 4) is 0 Å². The van der Waals surface area contributed by atoms with E-state index in [2.05, 4.69) is 44.9 Å². The number of nitrogens with zero attached hydrogens (tertiary/aromatic N) is 3. The second kappa shape index (κ2) is 10.2. The number of piperidine rings is 1. The second-order valence-electron chi connectivity index (χ2n) is 11.2. The second-order valence-corrected chi connectivity index (χ2v) is 13.1. The highest BCUT2D eigenvalue weighted by Crippen LogP contribution is 2.40. The molecule has 2 aromatic carbocycles. The summed E-state index contributed by atoms with van der Waals surface area (Å²) in [6.45, 7) is 9.35. The molecular weight excluding hydrogens is 478 g/mol. The number of benzene rings is 2. The number of sulfonamides is 1. The molecule has 2 fully saturated rings. The molecule has 2 heterocycles. The maximum absolute atomic E-state index is 13.7. The minimum Gasteiger partial charge on any atom is -0.296 e. The highest BCUT2D eigenvalue weighted by Gasteiger charge is 2.46. The molecule has 4 rings (SSSR count). The summed E-state index contributed by atoms with van der Waals surface area (Å²) in [6.07, 6.45) is 4.63. The number of nitro groups is 1. The molecule has 0 saturated carbocycles. The molecule has 8 nitrogen and oxygen atoms in total. The van der Waals surface area contributed by atoms with Crippen molar-refractivity contribution in [1.29, 1.82) is 0 Å². The van der Waals surface area contributed by atoms with Crippen LogP contribution in [0, 0.1) is 16.0 Å². The lowest BCUT2D eigenvalue weighted by molar-refractivity contribution is -0.384. The Morgan fingerprint density at radius 3 is 2.19 bits per heavy atom. The number of hydrogen-bond donors (Lipinski definition) is 0. The molecule has 0 spiro atoms. The van der Waals surface area contributed by atoms with E-state index in [0.717, 1.165) is 32.1 Å². The Morgan fingerprint density at radius 1 is 1.00 bits per heavy atom. The molecule has 2 aliphatic rings. The standard InChI is InChI=1S/C27H37N3O5S/c1-26(2)16-8-17-27(3,4)30(26)35-20-25-22(19-21-9-6-5-7-10-21)15-18-28(25)36(33,34)24-13-11-23(12-14-24)29(31)32/h5-7,9-14,22,25H,8,15-20H2,1-4H3/t22-,25-/m1/s1. The van der Waals surface area contributed by atoms with Crippen LogP contribution in [0.3, 0.4) is 0 Å². The van der Waals surface area contributed by atoms with E-state index < -0.39 is 14.9 Å². The first-order valence-electron chi connectivity index (χ1n) is 12.7. The fourth-order valence-corrected chi connectivity index (χ4v) is 7.60. The van der Waals surface area contributed by atoms with Crippen LogP contribution in [0.25, 0.3) is 0 Å². The van der Waals surface area contributed by atoms with Gasteiger partial charge < -0.3 is 0 Å². The number of hydroxylamine groups is 2. The molecule has 0 unspecified atom stereocenters. The highest BCUT2D eigenvalue weighted by molar-refractivity contribution is 7.89. The molecule has 2 aliphatic heterocycles. The average Bonchev–Trinajstić information content (AvgIpc) is 3.21. The smallest absolute Gasteiger partial charge is 0.269 e. The van der Waals surface area contributed by atoms with Gasteiger partial charge in [0.1, 0.15) is 0 Å². The van der Waals surface area contributed by atoms with Gasteiger partial charge in [-0.15, -0.1) is 0 Å². The minimum atomic E-state index is -3.85. The van der Waals surface area contributed by atoms with Gasteiger partial charge >= 0.3 is 0 Å². The van der Waals surface area contributed by atoms with Crippen LogP contribution in [0.1, 0.15) is 58.9 Å². The molecule has 0 radical (unpaired) electrons. The Morgan fingerprint density at radius 2 is 1.61 bits per heavy atom. The third-order valence-corrected chi connectivity index (χ3v) is 9.62. The fraction of sp³-hybridized carbons (Fsp3) is 0.556. The summed E-state index contributed by atoms with van der Waals surface area (Å²) < 4.78 is 29.0.